The molecule has 0 aromatic heterocycles. The van der Waals surface area contributed by atoms with Crippen LogP contribution in [-0.2, 0) is 4.79 Å². The van der Waals surface area contributed by atoms with Crippen LogP contribution in [-0.4, -0.2) is 36.3 Å². The van der Waals surface area contributed by atoms with Gasteiger partial charge in [0.25, 0.3) is 5.91 Å². The molecule has 0 atom stereocenters. The fraction of sp³-hybridized carbons (Fsp3) is 0.500. The van der Waals surface area contributed by atoms with Crippen molar-refractivity contribution in [1.82, 2.24) is 10.2 Å². The fourth-order valence-corrected chi connectivity index (χ4v) is 2.90. The van der Waals surface area contributed by atoms with E-state index in [0.717, 1.165) is 6.42 Å². The molecule has 1 aliphatic rings. The van der Waals surface area contributed by atoms with Crippen molar-refractivity contribution >= 4 is 27.7 Å². The monoisotopic (exact) mass is 370 g/mol. The Labute approximate surface area is 138 Å². The van der Waals surface area contributed by atoms with Gasteiger partial charge in [-0.3, -0.25) is 9.59 Å². The van der Waals surface area contributed by atoms with Crippen molar-refractivity contribution in [2.75, 3.05) is 19.6 Å². The van der Waals surface area contributed by atoms with Crippen LogP contribution in [0.2, 0.25) is 0 Å². The second kappa shape index (κ2) is 7.72. The Kier molecular flexibility index (Phi) is 5.94. The van der Waals surface area contributed by atoms with Crippen LogP contribution in [0.25, 0.3) is 0 Å². The number of likely N-dealkylation sites (tertiary alicyclic amines) is 1. The SMILES string of the molecule is CCCNC(=O)C1CCN(C(=O)c2ccc(Br)cc2F)CC1. The Bertz CT molecular complexity index is 557. The summed E-state index contributed by atoms with van der Waals surface area (Å²) >= 11 is 3.18. The molecule has 2 rings (SSSR count). The molecule has 0 bridgehead atoms. The van der Waals surface area contributed by atoms with E-state index in [1.165, 1.54) is 12.1 Å². The Morgan fingerprint density at radius 3 is 2.64 bits per heavy atom. The van der Waals surface area contributed by atoms with Gasteiger partial charge in [0.05, 0.1) is 5.56 Å². The van der Waals surface area contributed by atoms with Gasteiger partial charge in [-0.05, 0) is 37.5 Å². The van der Waals surface area contributed by atoms with Crippen LogP contribution < -0.4 is 5.32 Å². The Morgan fingerprint density at radius 1 is 1.36 bits per heavy atom. The van der Waals surface area contributed by atoms with Gasteiger partial charge in [0.2, 0.25) is 5.91 Å². The smallest absolute Gasteiger partial charge is 0.256 e. The molecule has 0 radical (unpaired) electrons. The zero-order chi connectivity index (χ0) is 16.1. The van der Waals surface area contributed by atoms with Crippen LogP contribution in [0.5, 0.6) is 0 Å². The Hall–Kier alpha value is -1.43. The third-order valence-electron chi connectivity index (χ3n) is 3.86. The van der Waals surface area contributed by atoms with Gasteiger partial charge in [-0.25, -0.2) is 4.39 Å². The molecule has 1 fully saturated rings. The first kappa shape index (κ1) is 16.9. The lowest BCUT2D eigenvalue weighted by Gasteiger charge is -2.31. The molecule has 6 heteroatoms. The zero-order valence-electron chi connectivity index (χ0n) is 12.6. The van der Waals surface area contributed by atoms with E-state index in [0.29, 0.717) is 36.9 Å². The van der Waals surface area contributed by atoms with E-state index in [-0.39, 0.29) is 23.3 Å². The predicted octanol–water partition coefficient (Wildman–Crippen LogP) is 2.97. The third-order valence-corrected chi connectivity index (χ3v) is 4.36. The quantitative estimate of drug-likeness (QED) is 0.885. The van der Waals surface area contributed by atoms with Gasteiger partial charge in [0, 0.05) is 30.0 Å². The highest BCUT2D eigenvalue weighted by Crippen LogP contribution is 2.21. The molecular formula is C16H20BrFN2O2. The van der Waals surface area contributed by atoms with E-state index < -0.39 is 5.82 Å². The van der Waals surface area contributed by atoms with Crippen molar-refractivity contribution in [3.05, 3.63) is 34.1 Å². The second-order valence-corrected chi connectivity index (χ2v) is 6.40. The van der Waals surface area contributed by atoms with Crippen molar-refractivity contribution in [3.63, 3.8) is 0 Å². The fourth-order valence-electron chi connectivity index (χ4n) is 2.57. The number of nitrogens with one attached hydrogen (secondary N) is 1. The number of halogens is 2. The molecule has 0 saturated carbocycles. The molecule has 4 nitrogen and oxygen atoms in total. The lowest BCUT2D eigenvalue weighted by Crippen LogP contribution is -2.43. The van der Waals surface area contributed by atoms with Crippen LogP contribution in [0.4, 0.5) is 4.39 Å². The maximum Gasteiger partial charge on any atom is 0.256 e. The number of carbonyl (C=O) groups excluding carboxylic acids is 2. The first-order valence-corrected chi connectivity index (χ1v) is 8.34. The number of piperidine rings is 1. The Balaban J connectivity index is 1.93. The number of nitrogens with zero attached hydrogens (tertiary/aromatic N) is 1. The van der Waals surface area contributed by atoms with E-state index in [4.69, 9.17) is 0 Å². The molecule has 1 aromatic carbocycles. The lowest BCUT2D eigenvalue weighted by atomic mass is 9.95. The second-order valence-electron chi connectivity index (χ2n) is 5.48. The molecule has 0 aliphatic carbocycles. The number of carbonyl (C=O) groups is 2. The molecule has 0 unspecified atom stereocenters. The maximum absolute atomic E-state index is 13.9. The zero-order valence-corrected chi connectivity index (χ0v) is 14.2. The van der Waals surface area contributed by atoms with Crippen LogP contribution in [0.3, 0.4) is 0 Å². The van der Waals surface area contributed by atoms with E-state index in [1.54, 1.807) is 11.0 Å². The summed E-state index contributed by atoms with van der Waals surface area (Å²) in [5.74, 6) is -0.825. The van der Waals surface area contributed by atoms with Crippen molar-refractivity contribution in [1.29, 1.82) is 0 Å². The normalized spacial score (nSPS) is 15.7. The van der Waals surface area contributed by atoms with Gasteiger partial charge < -0.3 is 10.2 Å². The number of rotatable bonds is 4. The van der Waals surface area contributed by atoms with Gasteiger partial charge in [-0.15, -0.1) is 0 Å². The molecule has 1 aliphatic heterocycles. The number of hydrogen-bond acceptors (Lipinski definition) is 2. The highest BCUT2D eigenvalue weighted by molar-refractivity contribution is 9.10. The third kappa shape index (κ3) is 4.06. The molecule has 1 heterocycles. The molecule has 2 amide bonds. The van der Waals surface area contributed by atoms with E-state index in [2.05, 4.69) is 21.2 Å². The highest BCUT2D eigenvalue weighted by atomic mass is 79.9. The Morgan fingerprint density at radius 2 is 2.05 bits per heavy atom. The summed E-state index contributed by atoms with van der Waals surface area (Å²) < 4.78 is 14.5. The van der Waals surface area contributed by atoms with Crippen LogP contribution in [0.1, 0.15) is 36.5 Å². The minimum absolute atomic E-state index is 0.0506. The summed E-state index contributed by atoms with van der Waals surface area (Å²) in [6.45, 7) is 3.66. The van der Waals surface area contributed by atoms with Crippen molar-refractivity contribution in [2.45, 2.75) is 26.2 Å². The van der Waals surface area contributed by atoms with Crippen molar-refractivity contribution in [3.8, 4) is 0 Å². The molecule has 120 valence electrons. The summed E-state index contributed by atoms with van der Waals surface area (Å²) in [4.78, 5) is 25.9. The minimum atomic E-state index is -0.526. The molecular weight excluding hydrogens is 351 g/mol. The van der Waals surface area contributed by atoms with Gasteiger partial charge in [0.1, 0.15) is 5.82 Å². The number of hydrogen-bond donors (Lipinski definition) is 1. The lowest BCUT2D eigenvalue weighted by molar-refractivity contribution is -0.126. The van der Waals surface area contributed by atoms with Gasteiger partial charge in [-0.1, -0.05) is 22.9 Å². The van der Waals surface area contributed by atoms with E-state index in [1.807, 2.05) is 6.92 Å². The predicted molar refractivity (Wildman–Crippen MR) is 86.0 cm³/mol. The highest BCUT2D eigenvalue weighted by Gasteiger charge is 2.28. The first-order chi connectivity index (χ1) is 10.5. The van der Waals surface area contributed by atoms with E-state index >= 15 is 0 Å². The summed E-state index contributed by atoms with van der Waals surface area (Å²) in [5, 5.41) is 2.89. The average molecular weight is 371 g/mol. The molecule has 22 heavy (non-hydrogen) atoms. The minimum Gasteiger partial charge on any atom is -0.356 e. The first-order valence-electron chi connectivity index (χ1n) is 7.55. The molecule has 1 aromatic rings. The van der Waals surface area contributed by atoms with Crippen LogP contribution in [0, 0.1) is 11.7 Å². The van der Waals surface area contributed by atoms with Crippen molar-refractivity contribution in [2.24, 2.45) is 5.92 Å². The van der Waals surface area contributed by atoms with Gasteiger partial charge >= 0.3 is 0 Å². The standard InChI is InChI=1S/C16H20BrFN2O2/c1-2-7-19-15(21)11-5-8-20(9-6-11)16(22)13-4-3-12(17)10-14(13)18/h3-4,10-11H,2,5-9H2,1H3,(H,19,21). The van der Waals surface area contributed by atoms with Gasteiger partial charge in [-0.2, -0.15) is 0 Å². The summed E-state index contributed by atoms with van der Waals surface area (Å²) in [6, 6.07) is 4.43. The largest absolute Gasteiger partial charge is 0.356 e. The molecule has 0 spiro atoms. The summed E-state index contributed by atoms with van der Waals surface area (Å²) in [5.41, 5.74) is 0.0806. The summed E-state index contributed by atoms with van der Waals surface area (Å²) in [7, 11) is 0. The van der Waals surface area contributed by atoms with Crippen LogP contribution >= 0.6 is 15.9 Å². The van der Waals surface area contributed by atoms with Gasteiger partial charge in [0.15, 0.2) is 0 Å². The summed E-state index contributed by atoms with van der Waals surface area (Å²) in [6.07, 6.45) is 2.16. The van der Waals surface area contributed by atoms with Crippen LogP contribution in [0.15, 0.2) is 22.7 Å². The molecule has 1 N–H and O–H groups in total. The average Bonchev–Trinajstić information content (AvgIpc) is 2.52. The van der Waals surface area contributed by atoms with E-state index in [9.17, 15) is 14.0 Å². The topological polar surface area (TPSA) is 49.4 Å². The number of amides is 2. The van der Waals surface area contributed by atoms with Crippen molar-refractivity contribution < 1.29 is 14.0 Å². The number of benzene rings is 1. The maximum atomic E-state index is 13.9. The molecule has 1 saturated heterocycles.